The van der Waals surface area contributed by atoms with Crippen molar-refractivity contribution in [1.82, 2.24) is 14.8 Å². The standard InChI is InChI=1S/C13H15N5S/c1-3-19-12-6-4-5-11(10(12)7-14)15-8-13-16-9-18(2)17-13/h4-6,9,15H,3,8H2,1-2H3. The molecule has 1 aromatic carbocycles. The Morgan fingerprint density at radius 1 is 1.47 bits per heavy atom. The van der Waals surface area contributed by atoms with Crippen LogP contribution in [0, 0.1) is 11.3 Å². The van der Waals surface area contributed by atoms with Crippen LogP contribution in [0.2, 0.25) is 0 Å². The van der Waals surface area contributed by atoms with Gasteiger partial charge < -0.3 is 5.32 Å². The largest absolute Gasteiger partial charge is 0.377 e. The minimum absolute atomic E-state index is 0.510. The molecule has 0 fully saturated rings. The Morgan fingerprint density at radius 3 is 2.95 bits per heavy atom. The van der Waals surface area contributed by atoms with Crippen LogP contribution in [0.1, 0.15) is 18.3 Å². The Morgan fingerprint density at radius 2 is 2.32 bits per heavy atom. The number of anilines is 1. The SMILES string of the molecule is CCSc1cccc(NCc2ncn(C)n2)c1C#N. The van der Waals surface area contributed by atoms with Crippen LogP contribution < -0.4 is 5.32 Å². The second kappa shape index (κ2) is 6.25. The summed E-state index contributed by atoms with van der Waals surface area (Å²) in [6.45, 7) is 2.58. The first-order valence-corrected chi connectivity index (χ1v) is 6.97. The van der Waals surface area contributed by atoms with E-state index in [1.54, 1.807) is 22.8 Å². The lowest BCUT2D eigenvalue weighted by Crippen LogP contribution is -2.04. The van der Waals surface area contributed by atoms with Crippen LogP contribution in [-0.4, -0.2) is 20.5 Å². The molecular weight excluding hydrogens is 258 g/mol. The van der Waals surface area contributed by atoms with Gasteiger partial charge in [-0.3, -0.25) is 4.68 Å². The van der Waals surface area contributed by atoms with Crippen molar-refractivity contribution < 1.29 is 0 Å². The number of hydrogen-bond acceptors (Lipinski definition) is 5. The fourth-order valence-corrected chi connectivity index (χ4v) is 2.49. The Hall–Kier alpha value is -2.00. The summed E-state index contributed by atoms with van der Waals surface area (Å²) in [4.78, 5) is 5.15. The van der Waals surface area contributed by atoms with Gasteiger partial charge >= 0.3 is 0 Å². The minimum Gasteiger partial charge on any atom is -0.377 e. The van der Waals surface area contributed by atoms with Gasteiger partial charge in [-0.05, 0) is 17.9 Å². The van der Waals surface area contributed by atoms with Crippen LogP contribution in [0.5, 0.6) is 0 Å². The van der Waals surface area contributed by atoms with E-state index >= 15 is 0 Å². The van der Waals surface area contributed by atoms with E-state index in [9.17, 15) is 5.26 Å². The summed E-state index contributed by atoms with van der Waals surface area (Å²) >= 11 is 1.67. The van der Waals surface area contributed by atoms with E-state index in [-0.39, 0.29) is 0 Å². The van der Waals surface area contributed by atoms with Gasteiger partial charge in [-0.1, -0.05) is 13.0 Å². The van der Waals surface area contributed by atoms with Crippen LogP contribution >= 0.6 is 11.8 Å². The second-order valence-corrected chi connectivity index (χ2v) is 5.22. The van der Waals surface area contributed by atoms with Gasteiger partial charge in [0.25, 0.3) is 0 Å². The highest BCUT2D eigenvalue weighted by Gasteiger charge is 2.08. The lowest BCUT2D eigenvalue weighted by atomic mass is 10.2. The van der Waals surface area contributed by atoms with Gasteiger partial charge in [-0.2, -0.15) is 10.4 Å². The molecular formula is C13H15N5S. The molecule has 5 nitrogen and oxygen atoms in total. The Bertz CT molecular complexity index is 599. The van der Waals surface area contributed by atoms with Crippen molar-refractivity contribution >= 4 is 17.4 Å². The quantitative estimate of drug-likeness (QED) is 0.847. The number of hydrogen-bond donors (Lipinski definition) is 1. The van der Waals surface area contributed by atoms with Crippen LogP contribution in [0.15, 0.2) is 29.4 Å². The van der Waals surface area contributed by atoms with Crippen LogP contribution in [0.4, 0.5) is 5.69 Å². The zero-order valence-corrected chi connectivity index (χ0v) is 11.7. The van der Waals surface area contributed by atoms with Crippen molar-refractivity contribution in [2.24, 2.45) is 7.05 Å². The Balaban J connectivity index is 2.16. The first-order valence-electron chi connectivity index (χ1n) is 5.99. The summed E-state index contributed by atoms with van der Waals surface area (Å²) in [5, 5.41) is 16.7. The molecule has 0 spiro atoms. The van der Waals surface area contributed by atoms with Gasteiger partial charge in [0, 0.05) is 11.9 Å². The zero-order chi connectivity index (χ0) is 13.7. The summed E-state index contributed by atoms with van der Waals surface area (Å²) in [6, 6.07) is 8.09. The third kappa shape index (κ3) is 3.26. The van der Waals surface area contributed by atoms with Crippen molar-refractivity contribution in [3.63, 3.8) is 0 Å². The summed E-state index contributed by atoms with van der Waals surface area (Å²) in [6.07, 6.45) is 1.66. The molecule has 1 aromatic heterocycles. The smallest absolute Gasteiger partial charge is 0.169 e. The molecule has 19 heavy (non-hydrogen) atoms. The zero-order valence-electron chi connectivity index (χ0n) is 10.9. The lowest BCUT2D eigenvalue weighted by Gasteiger charge is -2.09. The molecule has 0 saturated carbocycles. The molecule has 0 bridgehead atoms. The van der Waals surface area contributed by atoms with Crippen LogP contribution in [0.3, 0.4) is 0 Å². The molecule has 2 aromatic rings. The van der Waals surface area contributed by atoms with Crippen molar-refractivity contribution in [3.8, 4) is 6.07 Å². The molecule has 0 radical (unpaired) electrons. The Kier molecular flexibility index (Phi) is 4.42. The third-order valence-electron chi connectivity index (χ3n) is 2.52. The van der Waals surface area contributed by atoms with E-state index < -0.39 is 0 Å². The van der Waals surface area contributed by atoms with Gasteiger partial charge in [-0.25, -0.2) is 4.98 Å². The average molecular weight is 273 g/mol. The maximum atomic E-state index is 9.29. The van der Waals surface area contributed by atoms with Gasteiger partial charge in [-0.15, -0.1) is 11.8 Å². The maximum Gasteiger partial charge on any atom is 0.169 e. The van der Waals surface area contributed by atoms with Crippen LogP contribution in [0.25, 0.3) is 0 Å². The number of nitrogens with zero attached hydrogens (tertiary/aromatic N) is 4. The highest BCUT2D eigenvalue weighted by atomic mass is 32.2. The van der Waals surface area contributed by atoms with E-state index in [0.717, 1.165) is 16.3 Å². The average Bonchev–Trinajstić information content (AvgIpc) is 2.83. The molecule has 0 saturated heterocycles. The van der Waals surface area contributed by atoms with E-state index in [1.807, 2.05) is 25.2 Å². The van der Waals surface area contributed by atoms with Gasteiger partial charge in [0.1, 0.15) is 12.4 Å². The number of aryl methyl sites for hydroxylation is 1. The van der Waals surface area contributed by atoms with E-state index in [0.29, 0.717) is 17.9 Å². The van der Waals surface area contributed by atoms with Crippen molar-refractivity contribution in [1.29, 1.82) is 5.26 Å². The first-order chi connectivity index (χ1) is 9.24. The fourth-order valence-electron chi connectivity index (χ4n) is 1.71. The monoisotopic (exact) mass is 273 g/mol. The maximum absolute atomic E-state index is 9.29. The molecule has 0 aliphatic rings. The van der Waals surface area contributed by atoms with E-state index in [4.69, 9.17) is 0 Å². The third-order valence-corrected chi connectivity index (χ3v) is 3.46. The van der Waals surface area contributed by atoms with Gasteiger partial charge in [0.05, 0.1) is 17.8 Å². The molecule has 6 heteroatoms. The normalized spacial score (nSPS) is 10.2. The summed E-state index contributed by atoms with van der Waals surface area (Å²) in [5.41, 5.74) is 1.51. The predicted molar refractivity (Wildman–Crippen MR) is 75.9 cm³/mol. The minimum atomic E-state index is 0.510. The number of rotatable bonds is 5. The molecule has 0 aliphatic heterocycles. The number of nitrogens with one attached hydrogen (secondary N) is 1. The summed E-state index contributed by atoms with van der Waals surface area (Å²) in [5.74, 6) is 1.65. The lowest BCUT2D eigenvalue weighted by molar-refractivity contribution is 0.747. The van der Waals surface area contributed by atoms with Crippen LogP contribution in [-0.2, 0) is 13.6 Å². The molecule has 0 unspecified atom stereocenters. The fraction of sp³-hybridized carbons (Fsp3) is 0.308. The van der Waals surface area contributed by atoms with E-state index in [1.165, 1.54) is 0 Å². The number of nitriles is 1. The Labute approximate surface area is 116 Å². The molecule has 1 N–H and O–H groups in total. The van der Waals surface area contributed by atoms with Crippen molar-refractivity contribution in [3.05, 3.63) is 35.9 Å². The van der Waals surface area contributed by atoms with Gasteiger partial charge in [0.15, 0.2) is 5.82 Å². The topological polar surface area (TPSA) is 66.5 Å². The molecule has 98 valence electrons. The second-order valence-electron chi connectivity index (χ2n) is 3.91. The molecule has 0 amide bonds. The van der Waals surface area contributed by atoms with Crippen molar-refractivity contribution in [2.75, 3.05) is 11.1 Å². The van der Waals surface area contributed by atoms with E-state index in [2.05, 4.69) is 28.4 Å². The highest BCUT2D eigenvalue weighted by Crippen LogP contribution is 2.27. The number of aromatic nitrogens is 3. The summed E-state index contributed by atoms with van der Waals surface area (Å²) in [7, 11) is 1.83. The predicted octanol–water partition coefficient (Wildman–Crippen LogP) is 2.41. The number of benzene rings is 1. The number of thioether (sulfide) groups is 1. The summed E-state index contributed by atoms with van der Waals surface area (Å²) < 4.78 is 1.66. The molecule has 1 heterocycles. The highest BCUT2D eigenvalue weighted by molar-refractivity contribution is 7.99. The first kappa shape index (κ1) is 13.4. The van der Waals surface area contributed by atoms with Crippen molar-refractivity contribution in [2.45, 2.75) is 18.4 Å². The molecule has 2 rings (SSSR count). The molecule has 0 aliphatic carbocycles. The molecule has 0 atom stereocenters. The van der Waals surface area contributed by atoms with Gasteiger partial charge in [0.2, 0.25) is 0 Å².